The summed E-state index contributed by atoms with van der Waals surface area (Å²) < 4.78 is 15.4. The van der Waals surface area contributed by atoms with E-state index in [2.05, 4.69) is 5.32 Å². The second kappa shape index (κ2) is 4.93. The molecule has 1 aliphatic heterocycles. The van der Waals surface area contributed by atoms with Gasteiger partial charge in [-0.1, -0.05) is 42.5 Å². The molecule has 1 nitrogen and oxygen atoms in total. The summed E-state index contributed by atoms with van der Waals surface area (Å²) in [5.74, 6) is 0.0621. The summed E-state index contributed by atoms with van der Waals surface area (Å²) in [6, 6.07) is 14.0. The Balaban J connectivity index is 2.07. The fourth-order valence-electron chi connectivity index (χ4n) is 3.19. The van der Waals surface area contributed by atoms with Gasteiger partial charge in [-0.25, -0.2) is 4.39 Å². The van der Waals surface area contributed by atoms with Gasteiger partial charge in [0.15, 0.2) is 0 Å². The number of nitrogens with one attached hydrogen (secondary N) is 1. The maximum absolute atomic E-state index is 15.4. The van der Waals surface area contributed by atoms with Gasteiger partial charge in [-0.15, -0.1) is 0 Å². The van der Waals surface area contributed by atoms with E-state index >= 15 is 4.39 Å². The molecule has 1 N–H and O–H groups in total. The lowest BCUT2D eigenvalue weighted by Gasteiger charge is -2.34. The average molecular weight is 257 g/mol. The highest BCUT2D eigenvalue weighted by molar-refractivity contribution is 5.86. The number of piperidine rings is 1. The van der Waals surface area contributed by atoms with Crippen LogP contribution in [0.2, 0.25) is 0 Å². The molecule has 1 heterocycles. The molecule has 0 radical (unpaired) electrons. The van der Waals surface area contributed by atoms with Crippen LogP contribution < -0.4 is 5.32 Å². The molecule has 0 bridgehead atoms. The van der Waals surface area contributed by atoms with E-state index in [1.54, 1.807) is 6.92 Å². The standard InChI is InChI=1S/C17H20FN/c1-17(18,14-8-5-11-19-12-14)16-10-4-7-13-6-2-3-9-15(13)16/h2-4,6-7,9-10,14,19H,5,8,11-12H2,1H3. The first-order valence-corrected chi connectivity index (χ1v) is 7.07. The molecule has 0 amide bonds. The van der Waals surface area contributed by atoms with Crippen LogP contribution in [0.3, 0.4) is 0 Å². The third-order valence-corrected chi connectivity index (χ3v) is 4.38. The lowest BCUT2D eigenvalue weighted by molar-refractivity contribution is 0.0827. The van der Waals surface area contributed by atoms with Crippen LogP contribution in [0, 0.1) is 5.92 Å². The van der Waals surface area contributed by atoms with Crippen molar-refractivity contribution in [3.8, 4) is 0 Å². The maximum atomic E-state index is 15.4. The highest BCUT2D eigenvalue weighted by Crippen LogP contribution is 2.40. The number of hydrogen-bond acceptors (Lipinski definition) is 1. The summed E-state index contributed by atoms with van der Waals surface area (Å²) in [6.45, 7) is 3.53. The van der Waals surface area contributed by atoms with Crippen molar-refractivity contribution in [1.29, 1.82) is 0 Å². The van der Waals surface area contributed by atoms with E-state index in [1.165, 1.54) is 0 Å². The average Bonchev–Trinajstić information content (AvgIpc) is 2.47. The predicted octanol–water partition coefficient (Wildman–Crippen LogP) is 4.02. The molecule has 1 fully saturated rings. The number of rotatable bonds is 2. The third kappa shape index (κ3) is 2.25. The predicted molar refractivity (Wildman–Crippen MR) is 78.0 cm³/mol. The molecule has 0 saturated carbocycles. The number of benzene rings is 2. The molecule has 2 unspecified atom stereocenters. The zero-order valence-corrected chi connectivity index (χ0v) is 11.3. The number of alkyl halides is 1. The first-order chi connectivity index (χ1) is 9.19. The van der Waals surface area contributed by atoms with Crippen LogP contribution in [0.4, 0.5) is 4.39 Å². The van der Waals surface area contributed by atoms with Gasteiger partial charge in [-0.05, 0) is 42.6 Å². The molecule has 100 valence electrons. The van der Waals surface area contributed by atoms with Crippen LogP contribution in [0.25, 0.3) is 10.8 Å². The molecular weight excluding hydrogens is 237 g/mol. The summed E-state index contributed by atoms with van der Waals surface area (Å²) in [7, 11) is 0. The molecule has 19 heavy (non-hydrogen) atoms. The molecular formula is C17H20FN. The fourth-order valence-corrected chi connectivity index (χ4v) is 3.19. The normalized spacial score (nSPS) is 23.2. The van der Waals surface area contributed by atoms with Crippen molar-refractivity contribution in [2.75, 3.05) is 13.1 Å². The van der Waals surface area contributed by atoms with Crippen molar-refractivity contribution in [2.24, 2.45) is 5.92 Å². The van der Waals surface area contributed by atoms with Gasteiger partial charge in [-0.3, -0.25) is 0 Å². The topological polar surface area (TPSA) is 12.0 Å². The van der Waals surface area contributed by atoms with Gasteiger partial charge in [-0.2, -0.15) is 0 Å². The van der Waals surface area contributed by atoms with Crippen molar-refractivity contribution >= 4 is 10.8 Å². The molecule has 2 heteroatoms. The van der Waals surface area contributed by atoms with Gasteiger partial charge in [0.1, 0.15) is 5.67 Å². The van der Waals surface area contributed by atoms with Gasteiger partial charge in [0.05, 0.1) is 0 Å². The van der Waals surface area contributed by atoms with Gasteiger partial charge in [0.25, 0.3) is 0 Å². The number of halogens is 1. The van der Waals surface area contributed by atoms with Crippen LogP contribution in [0.1, 0.15) is 25.3 Å². The van der Waals surface area contributed by atoms with Crippen molar-refractivity contribution in [3.05, 3.63) is 48.0 Å². The fraction of sp³-hybridized carbons (Fsp3) is 0.412. The van der Waals surface area contributed by atoms with Crippen molar-refractivity contribution in [2.45, 2.75) is 25.4 Å². The second-order valence-electron chi connectivity index (χ2n) is 5.65. The van der Waals surface area contributed by atoms with E-state index in [4.69, 9.17) is 0 Å². The van der Waals surface area contributed by atoms with Crippen LogP contribution in [-0.2, 0) is 5.67 Å². The highest BCUT2D eigenvalue weighted by atomic mass is 19.1. The summed E-state index contributed by atoms with van der Waals surface area (Å²) >= 11 is 0. The highest BCUT2D eigenvalue weighted by Gasteiger charge is 2.37. The zero-order valence-electron chi connectivity index (χ0n) is 11.3. The summed E-state index contributed by atoms with van der Waals surface area (Å²) in [5, 5.41) is 5.48. The Bertz CT molecular complexity index is 565. The Morgan fingerprint density at radius 3 is 2.74 bits per heavy atom. The minimum atomic E-state index is -1.27. The van der Waals surface area contributed by atoms with Crippen molar-refractivity contribution in [3.63, 3.8) is 0 Å². The molecule has 2 aromatic carbocycles. The SMILES string of the molecule is CC(F)(c1cccc2ccccc12)C1CCCNC1. The molecule has 0 aromatic heterocycles. The van der Waals surface area contributed by atoms with E-state index in [9.17, 15) is 0 Å². The van der Waals surface area contributed by atoms with Gasteiger partial charge >= 0.3 is 0 Å². The molecule has 0 spiro atoms. The second-order valence-corrected chi connectivity index (χ2v) is 5.65. The first-order valence-electron chi connectivity index (χ1n) is 7.07. The van der Waals surface area contributed by atoms with Gasteiger partial charge in [0, 0.05) is 12.5 Å². The van der Waals surface area contributed by atoms with Crippen LogP contribution in [0.5, 0.6) is 0 Å². The Morgan fingerprint density at radius 2 is 1.95 bits per heavy atom. The summed E-state index contributed by atoms with van der Waals surface area (Å²) in [4.78, 5) is 0. The van der Waals surface area contributed by atoms with E-state index < -0.39 is 5.67 Å². The molecule has 2 aromatic rings. The van der Waals surface area contributed by atoms with E-state index in [0.29, 0.717) is 0 Å². The Morgan fingerprint density at radius 1 is 1.16 bits per heavy atom. The largest absolute Gasteiger partial charge is 0.316 e. The summed E-state index contributed by atoms with van der Waals surface area (Å²) in [5.41, 5.74) is -0.437. The zero-order chi connectivity index (χ0) is 13.3. The Hall–Kier alpha value is -1.41. The van der Waals surface area contributed by atoms with Crippen LogP contribution in [-0.4, -0.2) is 13.1 Å². The van der Waals surface area contributed by atoms with E-state index in [0.717, 1.165) is 42.3 Å². The first kappa shape index (κ1) is 12.6. The number of hydrogen-bond donors (Lipinski definition) is 1. The maximum Gasteiger partial charge on any atom is 0.137 e. The Kier molecular flexibility index (Phi) is 3.28. The van der Waals surface area contributed by atoms with Crippen molar-refractivity contribution in [1.82, 2.24) is 5.32 Å². The van der Waals surface area contributed by atoms with E-state index in [-0.39, 0.29) is 5.92 Å². The lowest BCUT2D eigenvalue weighted by atomic mass is 9.78. The molecule has 1 aliphatic rings. The van der Waals surface area contributed by atoms with Gasteiger partial charge in [0.2, 0.25) is 0 Å². The lowest BCUT2D eigenvalue weighted by Crippen LogP contribution is -2.40. The smallest absolute Gasteiger partial charge is 0.137 e. The Labute approximate surface area is 113 Å². The molecule has 1 saturated heterocycles. The molecule has 0 aliphatic carbocycles. The van der Waals surface area contributed by atoms with Crippen LogP contribution in [0.15, 0.2) is 42.5 Å². The minimum Gasteiger partial charge on any atom is -0.316 e. The monoisotopic (exact) mass is 257 g/mol. The van der Waals surface area contributed by atoms with Crippen LogP contribution >= 0.6 is 0 Å². The molecule has 3 rings (SSSR count). The van der Waals surface area contributed by atoms with E-state index in [1.807, 2.05) is 42.5 Å². The van der Waals surface area contributed by atoms with Gasteiger partial charge < -0.3 is 5.32 Å². The summed E-state index contributed by atoms with van der Waals surface area (Å²) in [6.07, 6.45) is 2.03. The third-order valence-electron chi connectivity index (χ3n) is 4.38. The minimum absolute atomic E-state index is 0.0621. The molecule has 2 atom stereocenters. The van der Waals surface area contributed by atoms with Crippen molar-refractivity contribution < 1.29 is 4.39 Å². The quantitative estimate of drug-likeness (QED) is 0.856. The number of fused-ring (bicyclic) bond motifs is 1.